The Morgan fingerprint density at radius 1 is 1.38 bits per heavy atom. The average molecular weight is 341 g/mol. The van der Waals surface area contributed by atoms with Crippen LogP contribution in [-0.2, 0) is 0 Å². The van der Waals surface area contributed by atoms with Gasteiger partial charge >= 0.3 is 0 Å². The lowest BCUT2D eigenvalue weighted by Gasteiger charge is -2.10. The van der Waals surface area contributed by atoms with Gasteiger partial charge in [0.2, 0.25) is 0 Å². The summed E-state index contributed by atoms with van der Waals surface area (Å²) < 4.78 is 5.66. The van der Waals surface area contributed by atoms with E-state index in [9.17, 15) is 0 Å². The molecule has 0 aliphatic heterocycles. The molecule has 3 aromatic heterocycles. The highest BCUT2D eigenvalue weighted by Crippen LogP contribution is 2.37. The second-order valence-electron chi connectivity index (χ2n) is 5.43. The Morgan fingerprint density at radius 3 is 3.00 bits per heavy atom. The Hall–Kier alpha value is -3.06. The van der Waals surface area contributed by atoms with E-state index in [0.717, 1.165) is 27.5 Å². The summed E-state index contributed by atoms with van der Waals surface area (Å²) in [5.41, 5.74) is 9.28. The van der Waals surface area contributed by atoms with Crippen molar-refractivity contribution in [2.24, 2.45) is 5.73 Å². The van der Waals surface area contributed by atoms with Gasteiger partial charge in [-0.25, -0.2) is 0 Å². The molecule has 0 aliphatic carbocycles. The fourth-order valence-corrected chi connectivity index (χ4v) is 2.91. The van der Waals surface area contributed by atoms with E-state index >= 15 is 0 Å². The molecule has 7 nitrogen and oxygen atoms in total. The van der Waals surface area contributed by atoms with E-state index in [0.29, 0.717) is 16.3 Å². The molecule has 0 radical (unpaired) electrons. The van der Waals surface area contributed by atoms with Crippen LogP contribution in [0.1, 0.15) is 11.3 Å². The molecule has 0 saturated carbocycles. The van der Waals surface area contributed by atoms with Gasteiger partial charge < -0.3 is 15.5 Å². The molecule has 8 heteroatoms. The highest BCUT2D eigenvalue weighted by Gasteiger charge is 2.19. The third-order valence-corrected chi connectivity index (χ3v) is 4.34. The number of furan rings is 1. The Labute approximate surface area is 141 Å². The number of pyridine rings is 1. The predicted molar refractivity (Wildman–Crippen MR) is 94.1 cm³/mol. The van der Waals surface area contributed by atoms with Gasteiger partial charge in [-0.2, -0.15) is 5.10 Å². The highest BCUT2D eigenvalue weighted by atomic mass is 35.5. The fourth-order valence-electron chi connectivity index (χ4n) is 2.72. The molecule has 0 saturated heterocycles. The molecule has 0 atom stereocenters. The smallest absolute Gasteiger partial charge is 0.193 e. The van der Waals surface area contributed by atoms with Crippen LogP contribution in [0.25, 0.3) is 21.9 Å². The molecule has 0 aliphatic rings. The highest BCUT2D eigenvalue weighted by molar-refractivity contribution is 6.36. The third-order valence-electron chi connectivity index (χ3n) is 3.85. The molecule has 24 heavy (non-hydrogen) atoms. The first-order valence-electron chi connectivity index (χ1n) is 7.16. The molecule has 3 heterocycles. The maximum absolute atomic E-state index is 7.77. The average Bonchev–Trinajstić information content (AvgIpc) is 3.18. The second-order valence-corrected chi connectivity index (χ2v) is 5.81. The number of aryl methyl sites for hydroxylation is 1. The first-order chi connectivity index (χ1) is 11.6. The maximum atomic E-state index is 7.77. The maximum Gasteiger partial charge on any atom is 0.193 e. The number of nitrogens with two attached hydrogens (primary N) is 1. The molecule has 5 N–H and O–H groups in total. The van der Waals surface area contributed by atoms with Crippen LogP contribution in [0, 0.1) is 12.3 Å². The lowest BCUT2D eigenvalue weighted by Crippen LogP contribution is -2.11. The van der Waals surface area contributed by atoms with Crippen molar-refractivity contribution in [1.29, 1.82) is 5.41 Å². The van der Waals surface area contributed by atoms with Crippen LogP contribution in [0.5, 0.6) is 0 Å². The summed E-state index contributed by atoms with van der Waals surface area (Å²) in [4.78, 5) is 4.04. The summed E-state index contributed by atoms with van der Waals surface area (Å²) in [6, 6.07) is 3.73. The minimum absolute atomic E-state index is 0.164. The normalized spacial score (nSPS) is 11.2. The van der Waals surface area contributed by atoms with Crippen LogP contribution in [-0.4, -0.2) is 21.0 Å². The van der Waals surface area contributed by atoms with Crippen LogP contribution in [0.4, 0.5) is 11.4 Å². The summed E-state index contributed by atoms with van der Waals surface area (Å²) in [6.07, 6.45) is 4.95. The lowest BCUT2D eigenvalue weighted by molar-refractivity contribution is 0.603. The summed E-state index contributed by atoms with van der Waals surface area (Å²) in [7, 11) is 0. The van der Waals surface area contributed by atoms with E-state index < -0.39 is 0 Å². The number of halogens is 1. The second kappa shape index (κ2) is 5.24. The number of benzene rings is 1. The number of fused-ring (bicyclic) bond motifs is 2. The van der Waals surface area contributed by atoms with Crippen LogP contribution in [0.2, 0.25) is 5.02 Å². The van der Waals surface area contributed by atoms with Crippen molar-refractivity contribution in [3.63, 3.8) is 0 Å². The molecular weight excluding hydrogens is 328 g/mol. The molecule has 0 unspecified atom stereocenters. The first-order valence-corrected chi connectivity index (χ1v) is 7.54. The standard InChI is InChI=1S/C16H13ClN6O/c1-7-4-10(9-5-21-23-13(9)12(7)17)22-14-8-2-3-20-6-11(8)24-15(14)16(18)19/h2-6,22H,1H3,(H3,18,19)(H,21,23). The number of nitrogens with one attached hydrogen (secondary N) is 3. The van der Waals surface area contributed by atoms with Crippen LogP contribution < -0.4 is 11.1 Å². The van der Waals surface area contributed by atoms with Gasteiger partial charge in [0, 0.05) is 17.0 Å². The SMILES string of the molecule is Cc1cc(Nc2c(C(=N)N)oc3cnccc23)c2cn[nH]c2c1Cl. The number of aromatic amines is 1. The van der Waals surface area contributed by atoms with Crippen molar-refractivity contribution in [2.75, 3.05) is 5.32 Å². The first kappa shape index (κ1) is 14.5. The van der Waals surface area contributed by atoms with Gasteiger partial charge in [-0.05, 0) is 24.6 Å². The molecule has 0 bridgehead atoms. The number of aromatic nitrogens is 3. The van der Waals surface area contributed by atoms with Crippen molar-refractivity contribution in [3.8, 4) is 0 Å². The quantitative estimate of drug-likeness (QED) is 0.335. The zero-order valence-corrected chi connectivity index (χ0v) is 13.4. The molecule has 0 spiro atoms. The minimum atomic E-state index is -0.164. The van der Waals surface area contributed by atoms with Crippen molar-refractivity contribution in [1.82, 2.24) is 15.2 Å². The van der Waals surface area contributed by atoms with Crippen LogP contribution in [0.15, 0.2) is 35.1 Å². The number of hydrogen-bond donors (Lipinski definition) is 4. The Balaban J connectivity index is 1.95. The van der Waals surface area contributed by atoms with Gasteiger partial charge in [0.15, 0.2) is 17.2 Å². The fraction of sp³-hybridized carbons (Fsp3) is 0.0625. The van der Waals surface area contributed by atoms with Gasteiger partial charge in [0.05, 0.1) is 34.3 Å². The molecule has 4 aromatic rings. The summed E-state index contributed by atoms with van der Waals surface area (Å²) in [6.45, 7) is 1.91. The number of rotatable bonds is 3. The number of hydrogen-bond acceptors (Lipinski definition) is 5. The van der Waals surface area contributed by atoms with E-state index in [2.05, 4.69) is 20.5 Å². The summed E-state index contributed by atoms with van der Waals surface area (Å²) in [5, 5.41) is 20.3. The predicted octanol–water partition coefficient (Wildman–Crippen LogP) is 3.69. The molecule has 4 rings (SSSR count). The Morgan fingerprint density at radius 2 is 2.21 bits per heavy atom. The van der Waals surface area contributed by atoms with E-state index in [4.69, 9.17) is 27.2 Å². The number of amidine groups is 1. The number of nitrogens with zero attached hydrogens (tertiary/aromatic N) is 2. The number of nitrogen functional groups attached to an aromatic ring is 1. The molecule has 0 fully saturated rings. The van der Waals surface area contributed by atoms with E-state index in [1.807, 2.05) is 19.1 Å². The van der Waals surface area contributed by atoms with Gasteiger partial charge in [-0.1, -0.05) is 11.6 Å². The van der Waals surface area contributed by atoms with Crippen molar-refractivity contribution < 1.29 is 4.42 Å². The van der Waals surface area contributed by atoms with Crippen molar-refractivity contribution in [2.45, 2.75) is 6.92 Å². The Bertz CT molecular complexity index is 1100. The van der Waals surface area contributed by atoms with Gasteiger partial charge in [0.25, 0.3) is 0 Å². The Kier molecular flexibility index (Phi) is 3.17. The number of anilines is 2. The molecule has 120 valence electrons. The van der Waals surface area contributed by atoms with E-state index in [1.165, 1.54) is 0 Å². The van der Waals surface area contributed by atoms with E-state index in [-0.39, 0.29) is 11.6 Å². The zero-order chi connectivity index (χ0) is 16.8. The van der Waals surface area contributed by atoms with Crippen molar-refractivity contribution in [3.05, 3.63) is 47.1 Å². The van der Waals surface area contributed by atoms with Crippen LogP contribution in [0.3, 0.4) is 0 Å². The van der Waals surface area contributed by atoms with Gasteiger partial charge in [-0.3, -0.25) is 15.5 Å². The monoisotopic (exact) mass is 340 g/mol. The van der Waals surface area contributed by atoms with E-state index in [1.54, 1.807) is 18.6 Å². The minimum Gasteiger partial charge on any atom is -0.449 e. The van der Waals surface area contributed by atoms with Gasteiger partial charge in [0.1, 0.15) is 0 Å². The zero-order valence-electron chi connectivity index (χ0n) is 12.6. The topological polar surface area (TPSA) is 117 Å². The largest absolute Gasteiger partial charge is 0.449 e. The molecular formula is C16H13ClN6O. The lowest BCUT2D eigenvalue weighted by atomic mass is 10.1. The van der Waals surface area contributed by atoms with Crippen LogP contribution >= 0.6 is 11.6 Å². The van der Waals surface area contributed by atoms with Crippen molar-refractivity contribution >= 4 is 50.7 Å². The number of H-pyrrole nitrogens is 1. The third kappa shape index (κ3) is 2.10. The molecule has 1 aromatic carbocycles. The molecule has 0 amide bonds. The summed E-state index contributed by atoms with van der Waals surface area (Å²) >= 11 is 6.32. The summed E-state index contributed by atoms with van der Waals surface area (Å²) in [5.74, 6) is 0.102. The van der Waals surface area contributed by atoms with Gasteiger partial charge in [-0.15, -0.1) is 0 Å².